The number of nitrogens with one attached hydrogen (secondary N) is 2. The SMILES string of the molecule is CCOc1ccc(NC(=O)CC2CCCNC2)cc1CO. The predicted octanol–water partition coefficient (Wildman–Crippen LogP) is 1.91. The van der Waals surface area contributed by atoms with Gasteiger partial charge in [-0.15, -0.1) is 0 Å². The molecular weight excluding hydrogens is 268 g/mol. The monoisotopic (exact) mass is 292 g/mol. The molecule has 1 aromatic rings. The van der Waals surface area contributed by atoms with Crippen molar-refractivity contribution in [3.8, 4) is 5.75 Å². The van der Waals surface area contributed by atoms with Gasteiger partial charge in [0.1, 0.15) is 5.75 Å². The molecule has 1 amide bonds. The maximum absolute atomic E-state index is 12.1. The summed E-state index contributed by atoms with van der Waals surface area (Å²) >= 11 is 0. The molecule has 0 radical (unpaired) electrons. The molecular formula is C16H24N2O3. The molecule has 5 heteroatoms. The van der Waals surface area contributed by atoms with Gasteiger partial charge < -0.3 is 20.5 Å². The lowest BCUT2D eigenvalue weighted by molar-refractivity contribution is -0.117. The highest BCUT2D eigenvalue weighted by molar-refractivity contribution is 5.91. The molecule has 21 heavy (non-hydrogen) atoms. The molecule has 116 valence electrons. The molecule has 1 atom stereocenters. The van der Waals surface area contributed by atoms with Crippen LogP contribution in [0.15, 0.2) is 18.2 Å². The first kappa shape index (κ1) is 15.8. The lowest BCUT2D eigenvalue weighted by atomic mass is 9.96. The molecule has 1 aliphatic rings. The van der Waals surface area contributed by atoms with Gasteiger partial charge in [-0.05, 0) is 57.0 Å². The van der Waals surface area contributed by atoms with Gasteiger partial charge in [0.2, 0.25) is 5.91 Å². The van der Waals surface area contributed by atoms with E-state index in [2.05, 4.69) is 10.6 Å². The van der Waals surface area contributed by atoms with Crippen LogP contribution in [0.4, 0.5) is 5.69 Å². The molecule has 0 saturated carbocycles. The summed E-state index contributed by atoms with van der Waals surface area (Å²) in [5.41, 5.74) is 1.39. The van der Waals surface area contributed by atoms with Crippen LogP contribution in [-0.4, -0.2) is 30.7 Å². The van der Waals surface area contributed by atoms with Crippen LogP contribution in [-0.2, 0) is 11.4 Å². The Kier molecular flexibility index (Phi) is 6.02. The zero-order valence-corrected chi connectivity index (χ0v) is 12.5. The van der Waals surface area contributed by atoms with E-state index in [1.807, 2.05) is 6.92 Å². The van der Waals surface area contributed by atoms with Crippen LogP contribution in [0.25, 0.3) is 0 Å². The van der Waals surface area contributed by atoms with Crippen LogP contribution >= 0.6 is 0 Å². The van der Waals surface area contributed by atoms with Crippen LogP contribution in [0.2, 0.25) is 0 Å². The molecule has 1 aromatic carbocycles. The van der Waals surface area contributed by atoms with Crippen LogP contribution in [0.5, 0.6) is 5.75 Å². The highest BCUT2D eigenvalue weighted by Gasteiger charge is 2.17. The van der Waals surface area contributed by atoms with Crippen LogP contribution < -0.4 is 15.4 Å². The van der Waals surface area contributed by atoms with Crippen molar-refractivity contribution in [1.29, 1.82) is 0 Å². The van der Waals surface area contributed by atoms with Crippen molar-refractivity contribution >= 4 is 11.6 Å². The Labute approximate surface area is 125 Å². The number of ether oxygens (including phenoxy) is 1. The molecule has 5 nitrogen and oxygen atoms in total. The van der Waals surface area contributed by atoms with Crippen molar-refractivity contribution < 1.29 is 14.6 Å². The number of benzene rings is 1. The van der Waals surface area contributed by atoms with E-state index in [4.69, 9.17) is 4.74 Å². The fraction of sp³-hybridized carbons (Fsp3) is 0.562. The Morgan fingerprint density at radius 3 is 3.05 bits per heavy atom. The minimum Gasteiger partial charge on any atom is -0.494 e. The molecule has 1 saturated heterocycles. The highest BCUT2D eigenvalue weighted by atomic mass is 16.5. The molecule has 1 unspecified atom stereocenters. The Hall–Kier alpha value is -1.59. The van der Waals surface area contributed by atoms with Gasteiger partial charge in [0.15, 0.2) is 0 Å². The smallest absolute Gasteiger partial charge is 0.224 e. The maximum Gasteiger partial charge on any atom is 0.224 e. The number of amides is 1. The van der Waals surface area contributed by atoms with E-state index < -0.39 is 0 Å². The largest absolute Gasteiger partial charge is 0.494 e. The van der Waals surface area contributed by atoms with Crippen molar-refractivity contribution in [1.82, 2.24) is 5.32 Å². The number of rotatable bonds is 6. The normalized spacial score (nSPS) is 18.3. The summed E-state index contributed by atoms with van der Waals surface area (Å²) in [5.74, 6) is 1.10. The van der Waals surface area contributed by atoms with Gasteiger partial charge in [-0.25, -0.2) is 0 Å². The van der Waals surface area contributed by atoms with Crippen molar-refractivity contribution in [3.05, 3.63) is 23.8 Å². The second kappa shape index (κ2) is 8.00. The third-order valence-corrected chi connectivity index (χ3v) is 3.69. The first-order valence-corrected chi connectivity index (χ1v) is 7.60. The molecule has 1 heterocycles. The summed E-state index contributed by atoms with van der Waals surface area (Å²) in [5, 5.41) is 15.6. The number of carbonyl (C=O) groups excluding carboxylic acids is 1. The number of piperidine rings is 1. The maximum atomic E-state index is 12.1. The van der Waals surface area contributed by atoms with Gasteiger partial charge in [-0.1, -0.05) is 0 Å². The quantitative estimate of drug-likeness (QED) is 0.749. The lowest BCUT2D eigenvalue weighted by Crippen LogP contribution is -2.32. The summed E-state index contributed by atoms with van der Waals surface area (Å²) in [4.78, 5) is 12.1. The second-order valence-corrected chi connectivity index (χ2v) is 5.38. The molecule has 2 rings (SSSR count). The fourth-order valence-electron chi connectivity index (χ4n) is 2.65. The Morgan fingerprint density at radius 2 is 2.38 bits per heavy atom. The van der Waals surface area contributed by atoms with E-state index in [9.17, 15) is 9.90 Å². The van der Waals surface area contributed by atoms with Crippen LogP contribution in [0.3, 0.4) is 0 Å². The Bertz CT molecular complexity index is 471. The summed E-state index contributed by atoms with van der Waals surface area (Å²) in [6.45, 7) is 4.31. The van der Waals surface area contributed by atoms with Crippen molar-refractivity contribution in [2.45, 2.75) is 32.8 Å². The van der Waals surface area contributed by atoms with Gasteiger partial charge in [0.25, 0.3) is 0 Å². The number of hydrogen-bond acceptors (Lipinski definition) is 4. The van der Waals surface area contributed by atoms with Gasteiger partial charge in [0, 0.05) is 17.7 Å². The summed E-state index contributed by atoms with van der Waals surface area (Å²) < 4.78 is 5.43. The molecule has 0 spiro atoms. The predicted molar refractivity (Wildman–Crippen MR) is 82.4 cm³/mol. The lowest BCUT2D eigenvalue weighted by Gasteiger charge is -2.22. The molecule has 0 aromatic heterocycles. The van der Waals surface area contributed by atoms with E-state index in [0.717, 1.165) is 25.9 Å². The van der Waals surface area contributed by atoms with Crippen molar-refractivity contribution in [2.75, 3.05) is 25.0 Å². The standard InChI is InChI=1S/C16H24N2O3/c1-2-21-15-6-5-14(9-13(15)11-19)18-16(20)8-12-4-3-7-17-10-12/h5-6,9,12,17,19H,2-4,7-8,10-11H2,1H3,(H,18,20). The number of carbonyl (C=O) groups is 1. The first-order chi connectivity index (χ1) is 10.2. The minimum absolute atomic E-state index is 0.0248. The minimum atomic E-state index is -0.106. The number of hydrogen-bond donors (Lipinski definition) is 3. The van der Waals surface area contributed by atoms with E-state index in [1.54, 1.807) is 18.2 Å². The van der Waals surface area contributed by atoms with Gasteiger partial charge >= 0.3 is 0 Å². The van der Waals surface area contributed by atoms with E-state index in [1.165, 1.54) is 0 Å². The van der Waals surface area contributed by atoms with Crippen molar-refractivity contribution in [3.63, 3.8) is 0 Å². The molecule has 0 bridgehead atoms. The summed E-state index contributed by atoms with van der Waals surface area (Å²) in [7, 11) is 0. The molecule has 1 fully saturated rings. The van der Waals surface area contributed by atoms with E-state index in [0.29, 0.717) is 35.9 Å². The average Bonchev–Trinajstić information content (AvgIpc) is 2.50. The zero-order valence-electron chi connectivity index (χ0n) is 12.5. The number of aliphatic hydroxyl groups is 1. The fourth-order valence-corrected chi connectivity index (χ4v) is 2.65. The van der Waals surface area contributed by atoms with E-state index >= 15 is 0 Å². The van der Waals surface area contributed by atoms with E-state index in [-0.39, 0.29) is 12.5 Å². The van der Waals surface area contributed by atoms with Gasteiger partial charge in [-0.2, -0.15) is 0 Å². The third-order valence-electron chi connectivity index (χ3n) is 3.69. The Morgan fingerprint density at radius 1 is 1.52 bits per heavy atom. The first-order valence-electron chi connectivity index (χ1n) is 7.60. The highest BCUT2D eigenvalue weighted by Crippen LogP contribution is 2.23. The average molecular weight is 292 g/mol. The Balaban J connectivity index is 1.93. The molecule has 3 N–H and O–H groups in total. The van der Waals surface area contributed by atoms with Gasteiger partial charge in [-0.3, -0.25) is 4.79 Å². The third kappa shape index (κ3) is 4.72. The second-order valence-electron chi connectivity index (χ2n) is 5.38. The van der Waals surface area contributed by atoms with Crippen LogP contribution in [0, 0.1) is 5.92 Å². The topological polar surface area (TPSA) is 70.6 Å². The summed E-state index contributed by atoms with van der Waals surface area (Å²) in [6, 6.07) is 5.36. The molecule has 0 aliphatic carbocycles. The zero-order chi connectivity index (χ0) is 15.1. The van der Waals surface area contributed by atoms with Crippen molar-refractivity contribution in [2.24, 2.45) is 5.92 Å². The van der Waals surface area contributed by atoms with Gasteiger partial charge in [0.05, 0.1) is 13.2 Å². The number of anilines is 1. The molecule has 1 aliphatic heterocycles. The van der Waals surface area contributed by atoms with Crippen LogP contribution in [0.1, 0.15) is 31.7 Å². The summed E-state index contributed by atoms with van der Waals surface area (Å²) in [6.07, 6.45) is 2.77. The number of aliphatic hydroxyl groups excluding tert-OH is 1.